The fourth-order valence-corrected chi connectivity index (χ4v) is 3.16. The number of aliphatic hydroxyl groups excluding tert-OH is 1. The fourth-order valence-electron chi connectivity index (χ4n) is 3.16. The highest BCUT2D eigenvalue weighted by molar-refractivity contribution is 5.89. The summed E-state index contributed by atoms with van der Waals surface area (Å²) in [6.45, 7) is 0.479. The molecule has 0 bridgehead atoms. The van der Waals surface area contributed by atoms with E-state index in [2.05, 4.69) is 0 Å². The second-order valence-electron chi connectivity index (χ2n) is 6.26. The van der Waals surface area contributed by atoms with Crippen molar-refractivity contribution >= 4 is 10.9 Å². The van der Waals surface area contributed by atoms with Gasteiger partial charge >= 0.3 is 12.4 Å². The molecule has 0 fully saturated rings. The highest BCUT2D eigenvalue weighted by Gasteiger charge is 2.71. The Balaban J connectivity index is 2.42. The second kappa shape index (κ2) is 5.86. The van der Waals surface area contributed by atoms with Crippen molar-refractivity contribution in [3.8, 4) is 5.75 Å². The van der Waals surface area contributed by atoms with Gasteiger partial charge in [0.05, 0.1) is 18.2 Å². The summed E-state index contributed by atoms with van der Waals surface area (Å²) in [5, 5.41) is 18.9. The number of hydrogen-bond acceptors (Lipinski definition) is 4. The van der Waals surface area contributed by atoms with Gasteiger partial charge in [0.1, 0.15) is 12.4 Å². The molecular weight excluding hydrogens is 384 g/mol. The lowest BCUT2D eigenvalue weighted by Crippen LogP contribution is -2.54. The van der Waals surface area contributed by atoms with E-state index in [0.717, 1.165) is 10.6 Å². The van der Waals surface area contributed by atoms with Gasteiger partial charge in [0.15, 0.2) is 0 Å². The molecule has 3 rings (SSSR count). The van der Waals surface area contributed by atoms with Gasteiger partial charge in [-0.25, -0.2) is 0 Å². The number of alkyl halides is 6. The molecule has 1 aromatic heterocycles. The summed E-state index contributed by atoms with van der Waals surface area (Å²) in [6, 6.07) is 1.15. The van der Waals surface area contributed by atoms with Crippen molar-refractivity contribution in [1.82, 2.24) is 4.57 Å². The molecule has 0 spiro atoms. The average molecular weight is 397 g/mol. The zero-order valence-corrected chi connectivity index (χ0v) is 13.6. The summed E-state index contributed by atoms with van der Waals surface area (Å²) in [7, 11) is 0. The second-order valence-corrected chi connectivity index (χ2v) is 6.26. The Morgan fingerprint density at radius 2 is 1.74 bits per heavy atom. The Hall–Kier alpha value is -2.27. The van der Waals surface area contributed by atoms with Crippen LogP contribution in [-0.2, 0) is 5.60 Å². The van der Waals surface area contributed by atoms with Gasteiger partial charge in [-0.1, -0.05) is 0 Å². The van der Waals surface area contributed by atoms with Gasteiger partial charge in [0.25, 0.3) is 11.2 Å². The number of rotatable bonds is 2. The molecule has 2 N–H and O–H groups in total. The van der Waals surface area contributed by atoms with Crippen LogP contribution in [0, 0.1) is 6.92 Å². The summed E-state index contributed by atoms with van der Waals surface area (Å²) in [5.41, 5.74) is -7.11. The molecule has 1 aliphatic rings. The van der Waals surface area contributed by atoms with Crippen LogP contribution in [0.4, 0.5) is 26.3 Å². The van der Waals surface area contributed by atoms with Crippen LogP contribution >= 0.6 is 0 Å². The molecule has 5 nitrogen and oxygen atoms in total. The third-order valence-electron chi connectivity index (χ3n) is 4.56. The van der Waals surface area contributed by atoms with Crippen LogP contribution in [0.5, 0.6) is 5.75 Å². The van der Waals surface area contributed by atoms with E-state index in [1.165, 1.54) is 6.92 Å². The van der Waals surface area contributed by atoms with Gasteiger partial charge in [-0.15, -0.1) is 0 Å². The molecule has 1 aromatic carbocycles. The Kier molecular flexibility index (Phi) is 4.23. The molecule has 1 aliphatic heterocycles. The summed E-state index contributed by atoms with van der Waals surface area (Å²) in [5.74, 6) is -0.417. The first kappa shape index (κ1) is 19.5. The number of nitrogens with zero attached hydrogens (tertiary/aromatic N) is 1. The van der Waals surface area contributed by atoms with Gasteiger partial charge < -0.3 is 14.9 Å². The standard InChI is InChI=1S/C16H13F6NO4/c1-7-2-12(25)23-9(5-24)6-27-11-4-8(3-10(7)13(11)23)14(26,15(17,18)19)16(20,21)22/h2-4,9,24,26H,5-6H2,1H3. The molecule has 0 aliphatic carbocycles. The predicted octanol–water partition coefficient (Wildman–Crippen LogP) is 2.55. The lowest BCUT2D eigenvalue weighted by Gasteiger charge is -2.34. The predicted molar refractivity (Wildman–Crippen MR) is 80.6 cm³/mol. The fraction of sp³-hybridized carbons (Fsp3) is 0.438. The van der Waals surface area contributed by atoms with Gasteiger partial charge in [0, 0.05) is 17.0 Å². The molecule has 1 unspecified atom stereocenters. The minimum absolute atomic E-state index is 0.0410. The van der Waals surface area contributed by atoms with E-state index in [1.54, 1.807) is 0 Å². The van der Waals surface area contributed by atoms with Crippen molar-refractivity contribution in [3.63, 3.8) is 0 Å². The van der Waals surface area contributed by atoms with E-state index in [1.807, 2.05) is 0 Å². The van der Waals surface area contributed by atoms with Gasteiger partial charge in [0.2, 0.25) is 0 Å². The number of hydrogen-bond donors (Lipinski definition) is 2. The molecule has 0 saturated heterocycles. The van der Waals surface area contributed by atoms with Gasteiger partial charge in [-0.05, 0) is 24.6 Å². The lowest BCUT2D eigenvalue weighted by molar-refractivity contribution is -0.376. The summed E-state index contributed by atoms with van der Waals surface area (Å²) < 4.78 is 85.4. The van der Waals surface area contributed by atoms with Crippen LogP contribution in [0.25, 0.3) is 10.9 Å². The van der Waals surface area contributed by atoms with Crippen LogP contribution in [0.15, 0.2) is 23.0 Å². The Labute approximate surface area is 147 Å². The summed E-state index contributed by atoms with van der Waals surface area (Å²) in [6.07, 6.45) is -12.1. The van der Waals surface area contributed by atoms with Crippen molar-refractivity contribution in [3.05, 3.63) is 39.7 Å². The van der Waals surface area contributed by atoms with Crippen LogP contribution in [0.2, 0.25) is 0 Å². The first-order chi connectivity index (χ1) is 12.3. The van der Waals surface area contributed by atoms with Crippen LogP contribution < -0.4 is 10.3 Å². The third kappa shape index (κ3) is 2.67. The highest BCUT2D eigenvalue weighted by atomic mass is 19.4. The Bertz CT molecular complexity index is 948. The molecule has 0 saturated carbocycles. The molecule has 11 heteroatoms. The molecular formula is C16H13F6NO4. The number of aromatic nitrogens is 1. The minimum Gasteiger partial charge on any atom is -0.489 e. The number of halogens is 6. The number of ether oxygens (including phenoxy) is 1. The highest BCUT2D eigenvalue weighted by Crippen LogP contribution is 2.51. The maximum Gasteiger partial charge on any atom is 0.430 e. The number of aryl methyl sites for hydroxylation is 1. The Morgan fingerprint density at radius 3 is 2.26 bits per heavy atom. The summed E-state index contributed by atoms with van der Waals surface area (Å²) in [4.78, 5) is 12.2. The van der Waals surface area contributed by atoms with Crippen LogP contribution in [0.3, 0.4) is 0 Å². The van der Waals surface area contributed by atoms with E-state index < -0.39 is 47.5 Å². The van der Waals surface area contributed by atoms with E-state index >= 15 is 0 Å². The van der Waals surface area contributed by atoms with Crippen LogP contribution in [0.1, 0.15) is 17.2 Å². The van der Waals surface area contributed by atoms with Crippen molar-refractivity contribution in [2.24, 2.45) is 0 Å². The minimum atomic E-state index is -6.05. The molecule has 1 atom stereocenters. The van der Waals surface area contributed by atoms with Crippen molar-refractivity contribution in [2.75, 3.05) is 13.2 Å². The average Bonchev–Trinajstić information content (AvgIpc) is 2.55. The number of aliphatic hydroxyl groups is 2. The maximum absolute atomic E-state index is 13.2. The normalized spacial score (nSPS) is 17.9. The first-order valence-electron chi connectivity index (χ1n) is 7.62. The van der Waals surface area contributed by atoms with Crippen molar-refractivity contribution in [2.45, 2.75) is 30.9 Å². The van der Waals surface area contributed by atoms with E-state index in [4.69, 9.17) is 4.74 Å². The Morgan fingerprint density at radius 1 is 1.15 bits per heavy atom. The van der Waals surface area contributed by atoms with E-state index in [0.29, 0.717) is 12.1 Å². The molecule has 0 amide bonds. The molecule has 148 valence electrons. The number of benzene rings is 1. The smallest absolute Gasteiger partial charge is 0.430 e. The van der Waals surface area contributed by atoms with Gasteiger partial charge in [-0.2, -0.15) is 26.3 Å². The monoisotopic (exact) mass is 397 g/mol. The van der Waals surface area contributed by atoms with Crippen molar-refractivity contribution < 1.29 is 41.3 Å². The molecule has 0 radical (unpaired) electrons. The van der Waals surface area contributed by atoms with Gasteiger partial charge in [-0.3, -0.25) is 9.36 Å². The zero-order valence-electron chi connectivity index (χ0n) is 13.6. The molecule has 2 heterocycles. The largest absolute Gasteiger partial charge is 0.489 e. The summed E-state index contributed by atoms with van der Waals surface area (Å²) >= 11 is 0. The maximum atomic E-state index is 13.2. The first-order valence-corrected chi connectivity index (χ1v) is 7.62. The van der Waals surface area contributed by atoms with E-state index in [9.17, 15) is 41.4 Å². The zero-order chi connectivity index (χ0) is 20.4. The molecule has 27 heavy (non-hydrogen) atoms. The van der Waals surface area contributed by atoms with Crippen LogP contribution in [-0.4, -0.2) is 40.3 Å². The lowest BCUT2D eigenvalue weighted by atomic mass is 9.89. The number of pyridine rings is 1. The van der Waals surface area contributed by atoms with Crippen molar-refractivity contribution in [1.29, 1.82) is 0 Å². The third-order valence-corrected chi connectivity index (χ3v) is 4.56. The quantitative estimate of drug-likeness (QED) is 0.765. The van der Waals surface area contributed by atoms with E-state index in [-0.39, 0.29) is 23.1 Å². The molecule has 2 aromatic rings. The topological polar surface area (TPSA) is 71.7 Å². The SMILES string of the molecule is Cc1cc(=O)n2c3c(cc(C(O)(C(F)(F)F)C(F)(F)F)cc13)OCC2CO.